The van der Waals surface area contributed by atoms with Crippen molar-refractivity contribution in [1.29, 1.82) is 0 Å². The summed E-state index contributed by atoms with van der Waals surface area (Å²) in [6.45, 7) is 3.32. The third-order valence-electron chi connectivity index (χ3n) is 3.55. The first-order valence-electron chi connectivity index (χ1n) is 6.85. The minimum atomic E-state index is 0.118. The minimum absolute atomic E-state index is 0.118. The summed E-state index contributed by atoms with van der Waals surface area (Å²) >= 11 is 0. The molecule has 0 saturated carbocycles. The molecule has 1 aromatic heterocycles. The highest BCUT2D eigenvalue weighted by molar-refractivity contribution is 5.94. The molecule has 1 amide bonds. The van der Waals surface area contributed by atoms with E-state index in [1.165, 1.54) is 0 Å². The third-order valence-corrected chi connectivity index (χ3v) is 3.55. The summed E-state index contributed by atoms with van der Waals surface area (Å²) in [5.41, 5.74) is 2.97. The van der Waals surface area contributed by atoms with Crippen LogP contribution in [-0.4, -0.2) is 42.0 Å². The van der Waals surface area contributed by atoms with Gasteiger partial charge in [-0.1, -0.05) is 12.1 Å². The molecule has 0 radical (unpaired) electrons. The molecule has 2 heterocycles. The molecule has 0 spiro atoms. The van der Waals surface area contributed by atoms with E-state index in [1.807, 2.05) is 41.3 Å². The zero-order valence-corrected chi connectivity index (χ0v) is 11.2. The summed E-state index contributed by atoms with van der Waals surface area (Å²) in [6.07, 6.45) is 3.55. The van der Waals surface area contributed by atoms with Gasteiger partial charge in [0, 0.05) is 44.1 Å². The predicted octanol–water partition coefficient (Wildman–Crippen LogP) is 1.79. The Balaban J connectivity index is 1.77. The van der Waals surface area contributed by atoms with Gasteiger partial charge in [-0.05, 0) is 35.4 Å². The van der Waals surface area contributed by atoms with Gasteiger partial charge in [0.2, 0.25) is 0 Å². The number of aromatic nitrogens is 1. The molecule has 0 unspecified atom stereocenters. The van der Waals surface area contributed by atoms with E-state index < -0.39 is 0 Å². The molecule has 1 N–H and O–H groups in total. The van der Waals surface area contributed by atoms with E-state index in [2.05, 4.69) is 10.3 Å². The lowest BCUT2D eigenvalue weighted by atomic mass is 10.0. The average molecular weight is 267 g/mol. The molecule has 1 aliphatic rings. The van der Waals surface area contributed by atoms with Crippen molar-refractivity contribution in [3.05, 3.63) is 54.4 Å². The van der Waals surface area contributed by atoms with Gasteiger partial charge in [0.25, 0.3) is 5.91 Å². The summed E-state index contributed by atoms with van der Waals surface area (Å²) in [5, 5.41) is 3.25. The molecule has 2 aromatic rings. The monoisotopic (exact) mass is 267 g/mol. The van der Waals surface area contributed by atoms with Crippen LogP contribution in [0.1, 0.15) is 10.4 Å². The van der Waals surface area contributed by atoms with E-state index in [1.54, 1.807) is 12.4 Å². The normalized spacial score (nSPS) is 15.1. The topological polar surface area (TPSA) is 45.2 Å². The zero-order valence-electron chi connectivity index (χ0n) is 11.2. The first-order chi connectivity index (χ1) is 9.84. The Labute approximate surface area is 118 Å². The van der Waals surface area contributed by atoms with Gasteiger partial charge in [-0.25, -0.2) is 0 Å². The van der Waals surface area contributed by atoms with Gasteiger partial charge in [0.05, 0.1) is 0 Å². The number of carbonyl (C=O) groups is 1. The number of hydrogen-bond acceptors (Lipinski definition) is 3. The van der Waals surface area contributed by atoms with Crippen LogP contribution in [0.3, 0.4) is 0 Å². The van der Waals surface area contributed by atoms with Gasteiger partial charge in [-0.3, -0.25) is 9.78 Å². The molecule has 1 aromatic carbocycles. The summed E-state index contributed by atoms with van der Waals surface area (Å²) in [7, 11) is 0. The Morgan fingerprint density at radius 2 is 1.55 bits per heavy atom. The van der Waals surface area contributed by atoms with Crippen molar-refractivity contribution in [3.8, 4) is 11.1 Å². The number of amides is 1. The van der Waals surface area contributed by atoms with Crippen molar-refractivity contribution in [3.63, 3.8) is 0 Å². The van der Waals surface area contributed by atoms with Crippen LogP contribution in [0.4, 0.5) is 0 Å². The number of benzene rings is 1. The predicted molar refractivity (Wildman–Crippen MR) is 78.4 cm³/mol. The van der Waals surface area contributed by atoms with Crippen LogP contribution in [0, 0.1) is 0 Å². The Kier molecular flexibility index (Phi) is 3.74. The first-order valence-corrected chi connectivity index (χ1v) is 6.85. The van der Waals surface area contributed by atoms with Crippen molar-refractivity contribution in [2.45, 2.75) is 0 Å². The maximum atomic E-state index is 12.3. The lowest BCUT2D eigenvalue weighted by molar-refractivity contribution is 0.0736. The molecule has 1 saturated heterocycles. The number of hydrogen-bond donors (Lipinski definition) is 1. The fourth-order valence-electron chi connectivity index (χ4n) is 2.40. The fourth-order valence-corrected chi connectivity index (χ4v) is 2.40. The number of piperazine rings is 1. The number of nitrogens with one attached hydrogen (secondary N) is 1. The fraction of sp³-hybridized carbons (Fsp3) is 0.250. The minimum Gasteiger partial charge on any atom is -0.336 e. The molecule has 1 aliphatic heterocycles. The van der Waals surface area contributed by atoms with Crippen molar-refractivity contribution in [2.24, 2.45) is 0 Å². The zero-order chi connectivity index (χ0) is 13.8. The van der Waals surface area contributed by atoms with Crippen LogP contribution < -0.4 is 5.32 Å². The Hall–Kier alpha value is -2.20. The molecule has 0 bridgehead atoms. The highest BCUT2D eigenvalue weighted by atomic mass is 16.2. The van der Waals surface area contributed by atoms with Crippen LogP contribution in [0.15, 0.2) is 48.8 Å². The first kappa shape index (κ1) is 12.8. The molecule has 1 fully saturated rings. The van der Waals surface area contributed by atoms with Gasteiger partial charge in [0.1, 0.15) is 0 Å². The molecule has 3 rings (SSSR count). The number of nitrogens with zero attached hydrogens (tertiary/aromatic N) is 2. The summed E-state index contributed by atoms with van der Waals surface area (Å²) < 4.78 is 0. The average Bonchev–Trinajstić information content (AvgIpc) is 2.56. The standard InChI is InChI=1S/C16H17N3O/c20-16(19-11-9-18-10-12-19)15-3-1-13(2-4-15)14-5-7-17-8-6-14/h1-8,18H,9-12H2. The molecule has 4 heteroatoms. The van der Waals surface area contributed by atoms with Crippen molar-refractivity contribution in [1.82, 2.24) is 15.2 Å². The molecular formula is C16H17N3O. The molecule has 102 valence electrons. The van der Waals surface area contributed by atoms with Crippen LogP contribution in [0.25, 0.3) is 11.1 Å². The van der Waals surface area contributed by atoms with Gasteiger partial charge in [0.15, 0.2) is 0 Å². The van der Waals surface area contributed by atoms with Gasteiger partial charge in [-0.2, -0.15) is 0 Å². The van der Waals surface area contributed by atoms with E-state index in [4.69, 9.17) is 0 Å². The second-order valence-corrected chi connectivity index (χ2v) is 4.86. The van der Waals surface area contributed by atoms with E-state index in [9.17, 15) is 4.79 Å². The maximum absolute atomic E-state index is 12.3. The maximum Gasteiger partial charge on any atom is 0.253 e. The highest BCUT2D eigenvalue weighted by Crippen LogP contribution is 2.19. The van der Waals surface area contributed by atoms with Crippen LogP contribution >= 0.6 is 0 Å². The molecule has 0 aliphatic carbocycles. The smallest absolute Gasteiger partial charge is 0.253 e. The van der Waals surface area contributed by atoms with E-state index in [0.29, 0.717) is 0 Å². The summed E-state index contributed by atoms with van der Waals surface area (Å²) in [4.78, 5) is 18.2. The third kappa shape index (κ3) is 2.70. The van der Waals surface area contributed by atoms with Gasteiger partial charge >= 0.3 is 0 Å². The molecule has 0 atom stereocenters. The van der Waals surface area contributed by atoms with E-state index >= 15 is 0 Å². The Morgan fingerprint density at radius 1 is 0.950 bits per heavy atom. The number of pyridine rings is 1. The summed E-state index contributed by atoms with van der Waals surface area (Å²) in [6, 6.07) is 11.7. The SMILES string of the molecule is O=C(c1ccc(-c2ccncc2)cc1)N1CCNCC1. The Morgan fingerprint density at radius 3 is 2.20 bits per heavy atom. The lowest BCUT2D eigenvalue weighted by Crippen LogP contribution is -2.46. The number of carbonyl (C=O) groups excluding carboxylic acids is 1. The van der Waals surface area contributed by atoms with Crippen molar-refractivity contribution >= 4 is 5.91 Å². The quantitative estimate of drug-likeness (QED) is 0.902. The van der Waals surface area contributed by atoms with Crippen LogP contribution in [0.2, 0.25) is 0 Å². The van der Waals surface area contributed by atoms with Gasteiger partial charge < -0.3 is 10.2 Å². The van der Waals surface area contributed by atoms with Gasteiger partial charge in [-0.15, -0.1) is 0 Å². The highest BCUT2D eigenvalue weighted by Gasteiger charge is 2.17. The molecule has 4 nitrogen and oxygen atoms in total. The largest absolute Gasteiger partial charge is 0.336 e. The van der Waals surface area contributed by atoms with E-state index in [0.717, 1.165) is 42.9 Å². The summed E-state index contributed by atoms with van der Waals surface area (Å²) in [5.74, 6) is 0.118. The van der Waals surface area contributed by atoms with Crippen LogP contribution in [-0.2, 0) is 0 Å². The van der Waals surface area contributed by atoms with E-state index in [-0.39, 0.29) is 5.91 Å². The molecular weight excluding hydrogens is 250 g/mol. The van der Waals surface area contributed by atoms with Crippen LogP contribution in [0.5, 0.6) is 0 Å². The lowest BCUT2D eigenvalue weighted by Gasteiger charge is -2.27. The number of rotatable bonds is 2. The van der Waals surface area contributed by atoms with Crippen molar-refractivity contribution < 1.29 is 4.79 Å². The second-order valence-electron chi connectivity index (χ2n) is 4.86. The van der Waals surface area contributed by atoms with Crippen molar-refractivity contribution in [2.75, 3.05) is 26.2 Å². The Bertz CT molecular complexity index is 574. The molecule has 20 heavy (non-hydrogen) atoms. The second kappa shape index (κ2) is 5.84.